The SMILES string of the molecule is Cc1nn(C)c(N2CCCC2CN(C)C)c1CO. The zero-order valence-electron chi connectivity index (χ0n) is 11.8. The molecule has 5 nitrogen and oxygen atoms in total. The van der Waals surface area contributed by atoms with Crippen LogP contribution in [-0.4, -0.2) is 53.0 Å². The van der Waals surface area contributed by atoms with Crippen LogP contribution in [0, 0.1) is 6.92 Å². The standard InChI is InChI=1S/C13H24N4O/c1-10-12(9-18)13(16(4)14-10)17-7-5-6-11(17)8-15(2)3/h11,18H,5-9H2,1-4H3. The van der Waals surface area contributed by atoms with E-state index in [1.54, 1.807) is 0 Å². The molecule has 0 bridgehead atoms. The Balaban J connectivity index is 2.29. The second-order valence-corrected chi connectivity index (χ2v) is 5.42. The molecule has 2 rings (SSSR count). The lowest BCUT2D eigenvalue weighted by atomic mass is 10.2. The van der Waals surface area contributed by atoms with Crippen molar-refractivity contribution < 1.29 is 5.11 Å². The number of hydrogen-bond donors (Lipinski definition) is 1. The predicted octanol–water partition coefficient (Wildman–Crippen LogP) is 0.751. The molecule has 0 saturated carbocycles. The minimum Gasteiger partial charge on any atom is -0.391 e. The zero-order valence-corrected chi connectivity index (χ0v) is 11.8. The molecule has 1 unspecified atom stereocenters. The van der Waals surface area contributed by atoms with Gasteiger partial charge in [0, 0.05) is 31.7 Å². The highest BCUT2D eigenvalue weighted by atomic mass is 16.3. The van der Waals surface area contributed by atoms with Crippen LogP contribution in [0.25, 0.3) is 0 Å². The molecule has 1 aromatic heterocycles. The van der Waals surface area contributed by atoms with Gasteiger partial charge in [0.25, 0.3) is 0 Å². The summed E-state index contributed by atoms with van der Waals surface area (Å²) in [4.78, 5) is 4.64. The van der Waals surface area contributed by atoms with E-state index in [9.17, 15) is 5.11 Å². The Bertz CT molecular complexity index is 413. The average molecular weight is 252 g/mol. The van der Waals surface area contributed by atoms with Gasteiger partial charge in [-0.05, 0) is 33.9 Å². The highest BCUT2D eigenvalue weighted by Crippen LogP contribution is 2.30. The molecule has 1 aliphatic heterocycles. The Hall–Kier alpha value is -1.07. The molecule has 0 aliphatic carbocycles. The molecule has 2 heterocycles. The van der Waals surface area contributed by atoms with Crippen molar-refractivity contribution in [3.63, 3.8) is 0 Å². The number of likely N-dealkylation sites (N-methyl/N-ethyl adjacent to an activating group) is 1. The Labute approximate surface area is 109 Å². The van der Waals surface area contributed by atoms with E-state index < -0.39 is 0 Å². The van der Waals surface area contributed by atoms with Crippen molar-refractivity contribution in [1.82, 2.24) is 14.7 Å². The van der Waals surface area contributed by atoms with Crippen LogP contribution in [0.2, 0.25) is 0 Å². The number of hydrogen-bond acceptors (Lipinski definition) is 4. The summed E-state index contributed by atoms with van der Waals surface area (Å²) in [6.07, 6.45) is 2.43. The maximum Gasteiger partial charge on any atom is 0.132 e. The maximum absolute atomic E-state index is 9.55. The summed E-state index contributed by atoms with van der Waals surface area (Å²) in [5.74, 6) is 1.10. The van der Waals surface area contributed by atoms with Crippen LogP contribution in [0.4, 0.5) is 5.82 Å². The molecule has 1 N–H and O–H groups in total. The van der Waals surface area contributed by atoms with Crippen LogP contribution in [-0.2, 0) is 13.7 Å². The largest absolute Gasteiger partial charge is 0.391 e. The maximum atomic E-state index is 9.55. The molecule has 0 amide bonds. The molecule has 1 atom stereocenters. The third-order valence-electron chi connectivity index (χ3n) is 3.70. The van der Waals surface area contributed by atoms with Crippen LogP contribution >= 0.6 is 0 Å². The number of anilines is 1. The molecule has 1 fully saturated rings. The predicted molar refractivity (Wildman–Crippen MR) is 72.8 cm³/mol. The lowest BCUT2D eigenvalue weighted by molar-refractivity contribution is 0.281. The first-order valence-electron chi connectivity index (χ1n) is 6.59. The van der Waals surface area contributed by atoms with Gasteiger partial charge < -0.3 is 14.9 Å². The molecule has 1 aliphatic rings. The smallest absolute Gasteiger partial charge is 0.132 e. The first kappa shape index (κ1) is 13.4. The molecule has 5 heteroatoms. The molecule has 0 aromatic carbocycles. The fourth-order valence-corrected chi connectivity index (χ4v) is 2.96. The minimum atomic E-state index is 0.0696. The van der Waals surface area contributed by atoms with Crippen molar-refractivity contribution in [2.24, 2.45) is 7.05 Å². The number of aliphatic hydroxyl groups is 1. The second-order valence-electron chi connectivity index (χ2n) is 5.42. The molecule has 0 radical (unpaired) electrons. The molecule has 102 valence electrons. The van der Waals surface area contributed by atoms with E-state index in [4.69, 9.17) is 0 Å². The number of rotatable bonds is 4. The highest BCUT2D eigenvalue weighted by molar-refractivity contribution is 5.51. The minimum absolute atomic E-state index is 0.0696. The van der Waals surface area contributed by atoms with Gasteiger partial charge in [-0.2, -0.15) is 5.10 Å². The summed E-state index contributed by atoms with van der Waals surface area (Å²) in [6, 6.07) is 0.528. The van der Waals surface area contributed by atoms with E-state index in [0.29, 0.717) is 6.04 Å². The Kier molecular flexibility index (Phi) is 3.92. The zero-order chi connectivity index (χ0) is 13.3. The second kappa shape index (κ2) is 5.28. The summed E-state index contributed by atoms with van der Waals surface area (Å²) < 4.78 is 1.91. The van der Waals surface area contributed by atoms with E-state index in [0.717, 1.165) is 30.2 Å². The summed E-state index contributed by atoms with van der Waals surface area (Å²) >= 11 is 0. The van der Waals surface area contributed by atoms with E-state index >= 15 is 0 Å². The quantitative estimate of drug-likeness (QED) is 0.859. The van der Waals surface area contributed by atoms with Crippen molar-refractivity contribution in [2.45, 2.75) is 32.4 Å². The lowest BCUT2D eigenvalue weighted by Crippen LogP contribution is -2.39. The van der Waals surface area contributed by atoms with Crippen molar-refractivity contribution in [3.8, 4) is 0 Å². The van der Waals surface area contributed by atoms with E-state index in [2.05, 4.69) is 29.0 Å². The van der Waals surface area contributed by atoms with Gasteiger partial charge in [0.15, 0.2) is 0 Å². The van der Waals surface area contributed by atoms with Crippen LogP contribution in [0.3, 0.4) is 0 Å². The van der Waals surface area contributed by atoms with Gasteiger partial charge in [0.05, 0.1) is 12.3 Å². The molecule has 0 spiro atoms. The van der Waals surface area contributed by atoms with Gasteiger partial charge in [0.2, 0.25) is 0 Å². The normalized spacial score (nSPS) is 20.1. The van der Waals surface area contributed by atoms with Gasteiger partial charge in [0.1, 0.15) is 5.82 Å². The third-order valence-corrected chi connectivity index (χ3v) is 3.70. The number of nitrogens with zero attached hydrogens (tertiary/aromatic N) is 4. The van der Waals surface area contributed by atoms with Crippen LogP contribution in [0.5, 0.6) is 0 Å². The summed E-state index contributed by atoms with van der Waals surface area (Å²) in [5.41, 5.74) is 1.91. The topological polar surface area (TPSA) is 44.5 Å². The van der Waals surface area contributed by atoms with Crippen molar-refractivity contribution >= 4 is 5.82 Å². The molecule has 1 aromatic rings. The van der Waals surface area contributed by atoms with Crippen molar-refractivity contribution in [3.05, 3.63) is 11.3 Å². The van der Waals surface area contributed by atoms with Crippen LogP contribution in [0.1, 0.15) is 24.1 Å². The van der Waals surface area contributed by atoms with Gasteiger partial charge in [-0.25, -0.2) is 0 Å². The molecule has 18 heavy (non-hydrogen) atoms. The fraction of sp³-hybridized carbons (Fsp3) is 0.769. The summed E-state index contributed by atoms with van der Waals surface area (Å²) in [7, 11) is 6.18. The van der Waals surface area contributed by atoms with Gasteiger partial charge in [-0.15, -0.1) is 0 Å². The lowest BCUT2D eigenvalue weighted by Gasteiger charge is -2.29. The molecular weight excluding hydrogens is 228 g/mol. The highest BCUT2D eigenvalue weighted by Gasteiger charge is 2.29. The van der Waals surface area contributed by atoms with Gasteiger partial charge >= 0.3 is 0 Å². The number of aryl methyl sites for hydroxylation is 2. The number of aromatic nitrogens is 2. The first-order chi connectivity index (χ1) is 8.54. The number of aliphatic hydroxyl groups excluding tert-OH is 1. The Morgan fingerprint density at radius 3 is 2.78 bits per heavy atom. The van der Waals surface area contributed by atoms with Crippen LogP contribution in [0.15, 0.2) is 0 Å². The van der Waals surface area contributed by atoms with Crippen molar-refractivity contribution in [1.29, 1.82) is 0 Å². The third kappa shape index (κ3) is 2.37. The van der Waals surface area contributed by atoms with E-state index in [1.165, 1.54) is 12.8 Å². The average Bonchev–Trinajstić information content (AvgIpc) is 2.81. The fourth-order valence-electron chi connectivity index (χ4n) is 2.96. The van der Waals surface area contributed by atoms with Crippen LogP contribution < -0.4 is 4.90 Å². The van der Waals surface area contributed by atoms with E-state index in [-0.39, 0.29) is 6.61 Å². The van der Waals surface area contributed by atoms with Gasteiger partial charge in [-0.1, -0.05) is 0 Å². The Morgan fingerprint density at radius 2 is 2.17 bits per heavy atom. The monoisotopic (exact) mass is 252 g/mol. The van der Waals surface area contributed by atoms with E-state index in [1.807, 2.05) is 18.7 Å². The Morgan fingerprint density at radius 1 is 1.44 bits per heavy atom. The summed E-state index contributed by atoms with van der Waals surface area (Å²) in [6.45, 7) is 4.14. The molecule has 1 saturated heterocycles. The first-order valence-corrected chi connectivity index (χ1v) is 6.59. The molecular formula is C13H24N4O. The van der Waals surface area contributed by atoms with Gasteiger partial charge in [-0.3, -0.25) is 4.68 Å². The summed E-state index contributed by atoms with van der Waals surface area (Å²) in [5, 5.41) is 14.0. The van der Waals surface area contributed by atoms with Crippen molar-refractivity contribution in [2.75, 3.05) is 32.1 Å².